The summed E-state index contributed by atoms with van der Waals surface area (Å²) in [6.07, 6.45) is 0.222. The highest BCUT2D eigenvalue weighted by molar-refractivity contribution is 5.88. The van der Waals surface area contributed by atoms with Crippen LogP contribution in [0.25, 0.3) is 0 Å². The molecule has 0 amide bonds. The summed E-state index contributed by atoms with van der Waals surface area (Å²) in [5, 5.41) is 29.5. The molecule has 106 valence electrons. The zero-order chi connectivity index (χ0) is 14.6. The number of anilines is 1. The van der Waals surface area contributed by atoms with Gasteiger partial charge in [0.05, 0.1) is 24.3 Å². The van der Waals surface area contributed by atoms with Crippen molar-refractivity contribution in [3.05, 3.63) is 29.3 Å². The lowest BCUT2D eigenvalue weighted by atomic mass is 9.97. The second-order valence-corrected chi connectivity index (χ2v) is 4.20. The number of benzene rings is 1. The van der Waals surface area contributed by atoms with Gasteiger partial charge in [0, 0.05) is 0 Å². The van der Waals surface area contributed by atoms with Crippen LogP contribution < -0.4 is 5.32 Å². The van der Waals surface area contributed by atoms with Crippen LogP contribution in [0, 0.1) is 11.6 Å². The summed E-state index contributed by atoms with van der Waals surface area (Å²) >= 11 is 0. The van der Waals surface area contributed by atoms with E-state index in [1.54, 1.807) is 6.92 Å². The number of carbonyl (C=O) groups is 1. The zero-order valence-corrected chi connectivity index (χ0v) is 10.3. The van der Waals surface area contributed by atoms with Crippen LogP contribution in [0.3, 0.4) is 0 Å². The van der Waals surface area contributed by atoms with Crippen molar-refractivity contribution in [3.63, 3.8) is 0 Å². The zero-order valence-electron chi connectivity index (χ0n) is 10.3. The Balaban J connectivity index is 3.18. The van der Waals surface area contributed by atoms with E-state index >= 15 is 0 Å². The summed E-state index contributed by atoms with van der Waals surface area (Å²) in [6, 6.07) is 1.34. The van der Waals surface area contributed by atoms with Gasteiger partial charge >= 0.3 is 5.97 Å². The maximum Gasteiger partial charge on any atom is 0.335 e. The average molecular weight is 275 g/mol. The molecule has 1 rings (SSSR count). The topological polar surface area (TPSA) is 89.8 Å². The van der Waals surface area contributed by atoms with E-state index in [2.05, 4.69) is 5.32 Å². The standard InChI is InChI=1S/C12H15F2NO4/c1-2-12(5-16,6-17)15-10-8(13)3-7(11(18)19)4-9(10)14/h3-4,15-17H,2,5-6H2,1H3,(H,18,19). The van der Waals surface area contributed by atoms with E-state index in [9.17, 15) is 23.8 Å². The molecule has 0 unspecified atom stereocenters. The van der Waals surface area contributed by atoms with Crippen LogP contribution in [0.1, 0.15) is 23.7 Å². The second kappa shape index (κ2) is 5.94. The van der Waals surface area contributed by atoms with Crippen molar-refractivity contribution in [1.82, 2.24) is 0 Å². The summed E-state index contributed by atoms with van der Waals surface area (Å²) in [7, 11) is 0. The van der Waals surface area contributed by atoms with Crippen molar-refractivity contribution in [2.45, 2.75) is 18.9 Å². The quantitative estimate of drug-likeness (QED) is 0.626. The van der Waals surface area contributed by atoms with Gasteiger partial charge in [-0.15, -0.1) is 0 Å². The predicted octanol–water partition coefficient (Wildman–Crippen LogP) is 1.21. The molecule has 19 heavy (non-hydrogen) atoms. The minimum absolute atomic E-state index is 0.222. The van der Waals surface area contributed by atoms with Gasteiger partial charge < -0.3 is 20.6 Å². The molecule has 1 aromatic rings. The highest BCUT2D eigenvalue weighted by Gasteiger charge is 2.29. The van der Waals surface area contributed by atoms with Crippen LogP contribution in [0.5, 0.6) is 0 Å². The van der Waals surface area contributed by atoms with Crippen molar-refractivity contribution >= 4 is 11.7 Å². The SMILES string of the molecule is CCC(CO)(CO)Nc1c(F)cc(C(=O)O)cc1F. The number of hydrogen-bond donors (Lipinski definition) is 4. The van der Waals surface area contributed by atoms with E-state index in [-0.39, 0.29) is 6.42 Å². The predicted molar refractivity (Wildman–Crippen MR) is 64.1 cm³/mol. The average Bonchev–Trinajstić information content (AvgIpc) is 2.39. The van der Waals surface area contributed by atoms with E-state index in [1.165, 1.54) is 0 Å². The van der Waals surface area contributed by atoms with Crippen molar-refractivity contribution in [2.24, 2.45) is 0 Å². The van der Waals surface area contributed by atoms with Crippen molar-refractivity contribution in [3.8, 4) is 0 Å². The lowest BCUT2D eigenvalue weighted by molar-refractivity contribution is 0.0695. The normalized spacial score (nSPS) is 11.4. The number of aliphatic hydroxyl groups is 2. The number of hydrogen-bond acceptors (Lipinski definition) is 4. The third-order valence-corrected chi connectivity index (χ3v) is 2.96. The molecule has 0 aliphatic rings. The highest BCUT2D eigenvalue weighted by atomic mass is 19.1. The van der Waals surface area contributed by atoms with Gasteiger partial charge in [0.1, 0.15) is 17.3 Å². The molecule has 0 fully saturated rings. The fraction of sp³-hybridized carbons (Fsp3) is 0.417. The van der Waals surface area contributed by atoms with Crippen LogP contribution in [0.15, 0.2) is 12.1 Å². The van der Waals surface area contributed by atoms with Crippen LogP contribution >= 0.6 is 0 Å². The maximum absolute atomic E-state index is 13.7. The number of aliphatic hydroxyl groups excluding tert-OH is 2. The molecule has 0 radical (unpaired) electrons. The molecule has 0 atom stereocenters. The third-order valence-electron chi connectivity index (χ3n) is 2.96. The Hall–Kier alpha value is -1.73. The first kappa shape index (κ1) is 15.3. The Morgan fingerprint density at radius 1 is 1.26 bits per heavy atom. The Bertz CT molecular complexity index is 444. The van der Waals surface area contributed by atoms with E-state index in [1.807, 2.05) is 0 Å². The Morgan fingerprint density at radius 2 is 1.74 bits per heavy atom. The van der Waals surface area contributed by atoms with Gasteiger partial charge in [-0.05, 0) is 18.6 Å². The Labute approximate surface area is 108 Å². The van der Waals surface area contributed by atoms with Crippen LogP contribution in [0.2, 0.25) is 0 Å². The van der Waals surface area contributed by atoms with Crippen molar-refractivity contribution in [1.29, 1.82) is 0 Å². The molecule has 7 heteroatoms. The summed E-state index contributed by atoms with van der Waals surface area (Å²) in [5.41, 5.74) is -2.36. The molecule has 0 heterocycles. The molecule has 4 N–H and O–H groups in total. The van der Waals surface area contributed by atoms with Gasteiger partial charge in [-0.3, -0.25) is 0 Å². The third kappa shape index (κ3) is 3.18. The molecule has 0 spiro atoms. The smallest absolute Gasteiger partial charge is 0.335 e. The van der Waals surface area contributed by atoms with Crippen LogP contribution in [-0.2, 0) is 0 Å². The highest BCUT2D eigenvalue weighted by Crippen LogP contribution is 2.25. The lowest BCUT2D eigenvalue weighted by Crippen LogP contribution is -2.45. The fourth-order valence-electron chi connectivity index (χ4n) is 1.52. The number of carboxylic acids is 1. The molecule has 0 bridgehead atoms. The van der Waals surface area contributed by atoms with E-state index in [4.69, 9.17) is 5.11 Å². The Morgan fingerprint density at radius 3 is 2.05 bits per heavy atom. The molecular formula is C12H15F2NO4. The molecule has 0 aliphatic heterocycles. The maximum atomic E-state index is 13.7. The minimum Gasteiger partial charge on any atom is -0.478 e. The summed E-state index contributed by atoms with van der Waals surface area (Å²) in [6.45, 7) is 0.569. The number of rotatable bonds is 6. The monoisotopic (exact) mass is 275 g/mol. The van der Waals surface area contributed by atoms with E-state index in [0.29, 0.717) is 12.1 Å². The summed E-state index contributed by atoms with van der Waals surface area (Å²) < 4.78 is 27.4. The molecule has 0 saturated heterocycles. The first-order chi connectivity index (χ1) is 8.89. The van der Waals surface area contributed by atoms with Gasteiger partial charge in [-0.2, -0.15) is 0 Å². The van der Waals surface area contributed by atoms with Gasteiger partial charge in [-0.25, -0.2) is 13.6 Å². The summed E-state index contributed by atoms with van der Waals surface area (Å²) in [4.78, 5) is 10.6. The minimum atomic E-state index is -1.45. The lowest BCUT2D eigenvalue weighted by Gasteiger charge is -2.31. The van der Waals surface area contributed by atoms with Crippen molar-refractivity contribution < 1.29 is 28.9 Å². The largest absolute Gasteiger partial charge is 0.478 e. The first-order valence-corrected chi connectivity index (χ1v) is 5.61. The van der Waals surface area contributed by atoms with Gasteiger partial charge in [-0.1, -0.05) is 6.92 Å². The number of carboxylic acid groups (broad SMARTS) is 1. The molecule has 0 saturated carbocycles. The van der Waals surface area contributed by atoms with Gasteiger partial charge in [0.15, 0.2) is 0 Å². The van der Waals surface area contributed by atoms with Gasteiger partial charge in [0.2, 0.25) is 0 Å². The molecule has 1 aromatic carbocycles. The number of aromatic carboxylic acids is 1. The number of nitrogens with one attached hydrogen (secondary N) is 1. The summed E-state index contributed by atoms with van der Waals surface area (Å²) in [5.74, 6) is -3.65. The molecule has 0 aliphatic carbocycles. The molecular weight excluding hydrogens is 260 g/mol. The first-order valence-electron chi connectivity index (χ1n) is 5.61. The van der Waals surface area contributed by atoms with E-state index < -0.39 is 47.6 Å². The molecule has 0 aromatic heterocycles. The fourth-order valence-corrected chi connectivity index (χ4v) is 1.52. The molecule has 5 nitrogen and oxygen atoms in total. The second-order valence-electron chi connectivity index (χ2n) is 4.20. The van der Waals surface area contributed by atoms with Gasteiger partial charge in [0.25, 0.3) is 0 Å². The number of halogens is 2. The Kier molecular flexibility index (Phi) is 4.79. The van der Waals surface area contributed by atoms with Crippen LogP contribution in [0.4, 0.5) is 14.5 Å². The van der Waals surface area contributed by atoms with E-state index in [0.717, 1.165) is 0 Å². The van der Waals surface area contributed by atoms with Crippen LogP contribution in [-0.4, -0.2) is 40.0 Å². The van der Waals surface area contributed by atoms with Crippen molar-refractivity contribution in [2.75, 3.05) is 18.5 Å².